The Balaban J connectivity index is 1.56. The smallest absolute Gasteiger partial charge is 0.327 e. The van der Waals surface area contributed by atoms with E-state index in [4.69, 9.17) is 9.47 Å². The third-order valence-electron chi connectivity index (χ3n) is 7.63. The third-order valence-corrected chi connectivity index (χ3v) is 7.63. The molecule has 0 aromatic heterocycles. The predicted octanol–water partition coefficient (Wildman–Crippen LogP) is 3.78. The zero-order valence-corrected chi connectivity index (χ0v) is 21.1. The summed E-state index contributed by atoms with van der Waals surface area (Å²) < 4.78 is 10.5. The van der Waals surface area contributed by atoms with Crippen LogP contribution < -0.4 is 10.1 Å². The van der Waals surface area contributed by atoms with Gasteiger partial charge in [-0.05, 0) is 41.3 Å². The van der Waals surface area contributed by atoms with Gasteiger partial charge in [-0.2, -0.15) is 0 Å². The number of esters is 1. The molecule has 0 spiro atoms. The van der Waals surface area contributed by atoms with Crippen LogP contribution in [0.25, 0.3) is 11.1 Å². The highest BCUT2D eigenvalue weighted by Gasteiger charge is 2.68. The number of rotatable bonds is 7. The second-order valence-corrected chi connectivity index (χ2v) is 9.52. The van der Waals surface area contributed by atoms with Crippen molar-refractivity contribution in [2.45, 2.75) is 24.9 Å². The van der Waals surface area contributed by atoms with Crippen LogP contribution in [0.15, 0.2) is 78.9 Å². The van der Waals surface area contributed by atoms with Crippen LogP contribution in [0.1, 0.15) is 24.1 Å². The van der Waals surface area contributed by atoms with Crippen molar-refractivity contribution < 1.29 is 23.9 Å². The number of hydrogen-bond donors (Lipinski definition) is 1. The zero-order valence-electron chi connectivity index (χ0n) is 21.1. The van der Waals surface area contributed by atoms with E-state index in [0.717, 1.165) is 28.0 Å². The van der Waals surface area contributed by atoms with Crippen LogP contribution in [-0.4, -0.2) is 49.0 Å². The summed E-state index contributed by atoms with van der Waals surface area (Å²) >= 11 is 0. The molecule has 3 unspecified atom stereocenters. The van der Waals surface area contributed by atoms with Gasteiger partial charge in [0.2, 0.25) is 11.8 Å². The molecule has 3 aromatic carbocycles. The Morgan fingerprint density at radius 1 is 0.892 bits per heavy atom. The van der Waals surface area contributed by atoms with Crippen LogP contribution in [0.3, 0.4) is 0 Å². The highest BCUT2D eigenvalue weighted by Crippen LogP contribution is 2.50. The molecule has 2 aliphatic heterocycles. The Kier molecular flexibility index (Phi) is 6.56. The van der Waals surface area contributed by atoms with E-state index in [1.807, 2.05) is 78.9 Å². The fourth-order valence-electron chi connectivity index (χ4n) is 5.85. The number of ether oxygens (including phenoxy) is 2. The summed E-state index contributed by atoms with van der Waals surface area (Å²) in [5.41, 5.74) is 2.39. The van der Waals surface area contributed by atoms with Gasteiger partial charge in [-0.1, -0.05) is 66.7 Å². The largest absolute Gasteiger partial charge is 0.497 e. The van der Waals surface area contributed by atoms with E-state index in [1.165, 1.54) is 12.0 Å². The van der Waals surface area contributed by atoms with E-state index in [2.05, 4.69) is 5.32 Å². The summed E-state index contributed by atoms with van der Waals surface area (Å²) in [4.78, 5) is 41.8. The number of carbonyl (C=O) groups excluding carboxylic acids is 3. The standard InChI is InChI=1S/C30H30N2O5/c1-4-32-27(33)24-25(28(32)34)30(29(35)37-3,18-19-8-6-5-7-9-19)31-26(24)22-12-10-20(11-13-22)21-14-16-23(36-2)17-15-21/h5-17,24-26,31H,4,18H2,1-3H3/t24?,25?,26?,30-/m1/s1. The van der Waals surface area contributed by atoms with E-state index in [-0.39, 0.29) is 24.8 Å². The summed E-state index contributed by atoms with van der Waals surface area (Å²) in [5.74, 6) is -1.91. The number of fused-ring (bicyclic) bond motifs is 1. The van der Waals surface area contributed by atoms with Gasteiger partial charge < -0.3 is 9.47 Å². The van der Waals surface area contributed by atoms with Gasteiger partial charge in [0.1, 0.15) is 11.3 Å². The Morgan fingerprint density at radius 2 is 1.51 bits per heavy atom. The molecule has 190 valence electrons. The van der Waals surface area contributed by atoms with Gasteiger partial charge in [-0.3, -0.25) is 24.6 Å². The van der Waals surface area contributed by atoms with Crippen LogP contribution in [0.2, 0.25) is 0 Å². The monoisotopic (exact) mass is 498 g/mol. The molecule has 2 saturated heterocycles. The molecular formula is C30H30N2O5. The first-order valence-corrected chi connectivity index (χ1v) is 12.4. The van der Waals surface area contributed by atoms with Gasteiger partial charge in [0.05, 0.1) is 26.1 Å². The molecule has 1 N–H and O–H groups in total. The van der Waals surface area contributed by atoms with Crippen molar-refractivity contribution in [3.05, 3.63) is 90.0 Å². The van der Waals surface area contributed by atoms with Crippen molar-refractivity contribution in [3.8, 4) is 16.9 Å². The number of carbonyl (C=O) groups is 3. The molecule has 7 heteroatoms. The topological polar surface area (TPSA) is 84.9 Å². The third kappa shape index (κ3) is 4.09. The second-order valence-electron chi connectivity index (χ2n) is 9.52. The number of nitrogens with zero attached hydrogens (tertiary/aromatic N) is 1. The van der Waals surface area contributed by atoms with Crippen LogP contribution >= 0.6 is 0 Å². The van der Waals surface area contributed by atoms with Crippen LogP contribution in [0, 0.1) is 11.8 Å². The predicted molar refractivity (Wildman–Crippen MR) is 139 cm³/mol. The summed E-state index contributed by atoms with van der Waals surface area (Å²) in [5, 5.41) is 3.44. The van der Waals surface area contributed by atoms with E-state index >= 15 is 0 Å². The fraction of sp³-hybridized carbons (Fsp3) is 0.300. The molecule has 0 aliphatic carbocycles. The average Bonchev–Trinajstić information content (AvgIpc) is 3.42. The molecule has 3 aromatic rings. The second kappa shape index (κ2) is 9.82. The van der Waals surface area contributed by atoms with Crippen LogP contribution in [0.5, 0.6) is 5.75 Å². The van der Waals surface area contributed by atoms with Gasteiger partial charge in [-0.25, -0.2) is 0 Å². The number of hydrogen-bond acceptors (Lipinski definition) is 6. The Hall–Kier alpha value is -3.97. The molecule has 37 heavy (non-hydrogen) atoms. The first-order valence-electron chi connectivity index (χ1n) is 12.4. The average molecular weight is 499 g/mol. The highest BCUT2D eigenvalue weighted by atomic mass is 16.5. The van der Waals surface area contributed by atoms with Crippen molar-refractivity contribution in [2.75, 3.05) is 20.8 Å². The van der Waals surface area contributed by atoms with Crippen molar-refractivity contribution in [2.24, 2.45) is 11.8 Å². The summed E-state index contributed by atoms with van der Waals surface area (Å²) in [6.45, 7) is 2.04. The van der Waals surface area contributed by atoms with E-state index < -0.39 is 29.4 Å². The molecule has 2 fully saturated rings. The van der Waals surface area contributed by atoms with E-state index in [9.17, 15) is 14.4 Å². The summed E-state index contributed by atoms with van der Waals surface area (Å²) in [7, 11) is 2.95. The Labute approximate surface area is 216 Å². The molecule has 0 radical (unpaired) electrons. The first-order chi connectivity index (χ1) is 17.9. The highest BCUT2D eigenvalue weighted by molar-refractivity contribution is 6.09. The normalized spacial score (nSPS) is 24.7. The summed E-state index contributed by atoms with van der Waals surface area (Å²) in [6, 6.07) is 24.7. The Bertz CT molecular complexity index is 1310. The fourth-order valence-corrected chi connectivity index (χ4v) is 5.85. The Morgan fingerprint density at radius 3 is 2.08 bits per heavy atom. The minimum Gasteiger partial charge on any atom is -0.497 e. The van der Waals surface area contributed by atoms with Gasteiger partial charge >= 0.3 is 5.97 Å². The summed E-state index contributed by atoms with van der Waals surface area (Å²) in [6.07, 6.45) is 0.235. The van der Waals surface area contributed by atoms with Crippen LogP contribution in [0.4, 0.5) is 0 Å². The number of methoxy groups -OCH3 is 2. The quantitative estimate of drug-likeness (QED) is 0.394. The van der Waals surface area contributed by atoms with Gasteiger partial charge in [0, 0.05) is 19.0 Å². The lowest BCUT2D eigenvalue weighted by atomic mass is 9.76. The van der Waals surface area contributed by atoms with Crippen LogP contribution in [-0.2, 0) is 25.5 Å². The van der Waals surface area contributed by atoms with E-state index in [1.54, 1.807) is 14.0 Å². The number of amides is 2. The minimum atomic E-state index is -1.36. The maximum absolute atomic E-state index is 13.6. The van der Waals surface area contributed by atoms with Crippen molar-refractivity contribution >= 4 is 17.8 Å². The number of imide groups is 1. The van der Waals surface area contributed by atoms with Crippen molar-refractivity contribution in [3.63, 3.8) is 0 Å². The zero-order chi connectivity index (χ0) is 26.2. The molecule has 2 aliphatic rings. The molecule has 4 atom stereocenters. The number of likely N-dealkylation sites (tertiary alicyclic amines) is 1. The lowest BCUT2D eigenvalue weighted by Crippen LogP contribution is -2.57. The maximum Gasteiger partial charge on any atom is 0.327 e. The molecule has 0 saturated carbocycles. The van der Waals surface area contributed by atoms with Crippen molar-refractivity contribution in [1.29, 1.82) is 0 Å². The molecule has 7 nitrogen and oxygen atoms in total. The number of benzene rings is 3. The minimum absolute atomic E-state index is 0.235. The first kappa shape index (κ1) is 24.7. The molecule has 2 amide bonds. The molecular weight excluding hydrogens is 468 g/mol. The SMILES string of the molecule is CCN1C(=O)C2C(c3ccc(-c4ccc(OC)cc4)cc3)N[C@@](Cc3ccccc3)(C(=O)OC)C2C1=O. The van der Waals surface area contributed by atoms with Gasteiger partial charge in [0.25, 0.3) is 0 Å². The van der Waals surface area contributed by atoms with Gasteiger partial charge in [-0.15, -0.1) is 0 Å². The molecule has 5 rings (SSSR count). The molecule has 0 bridgehead atoms. The van der Waals surface area contributed by atoms with Gasteiger partial charge in [0.15, 0.2) is 0 Å². The lowest BCUT2D eigenvalue weighted by Gasteiger charge is -2.32. The lowest BCUT2D eigenvalue weighted by molar-refractivity contribution is -0.154. The number of nitrogens with one attached hydrogen (secondary N) is 1. The van der Waals surface area contributed by atoms with E-state index in [0.29, 0.717) is 0 Å². The maximum atomic E-state index is 13.6. The van der Waals surface area contributed by atoms with Crippen molar-refractivity contribution in [1.82, 2.24) is 10.2 Å². The molecule has 2 heterocycles.